The van der Waals surface area contributed by atoms with Crippen molar-refractivity contribution < 1.29 is 9.72 Å². The predicted octanol–water partition coefficient (Wildman–Crippen LogP) is 1.79. The van der Waals surface area contributed by atoms with Gasteiger partial charge in [0, 0.05) is 17.3 Å². The number of nitro groups is 1. The summed E-state index contributed by atoms with van der Waals surface area (Å²) in [5.41, 5.74) is -0.219. The summed E-state index contributed by atoms with van der Waals surface area (Å²) in [6, 6.07) is 5.86. The lowest BCUT2D eigenvalue weighted by Crippen LogP contribution is -2.43. The number of anilines is 1. The molecule has 7 nitrogen and oxygen atoms in total. The van der Waals surface area contributed by atoms with E-state index in [1.807, 2.05) is 20.8 Å². The number of hydrogen-bond donors (Lipinski definition) is 2. The standard InChI is InChI=1S/C13H16N4O3/c1-13(2,3)16-12(18)8-15-10-5-4-9(7-14)11(6-10)17(19)20/h4-6,15H,8H2,1-3H3,(H,16,18). The van der Waals surface area contributed by atoms with Crippen molar-refractivity contribution in [2.75, 3.05) is 11.9 Å². The van der Waals surface area contributed by atoms with Gasteiger partial charge in [-0.3, -0.25) is 14.9 Å². The third-order valence-corrected chi connectivity index (χ3v) is 2.28. The van der Waals surface area contributed by atoms with E-state index in [9.17, 15) is 14.9 Å². The van der Waals surface area contributed by atoms with Crippen molar-refractivity contribution in [2.24, 2.45) is 0 Å². The highest BCUT2D eigenvalue weighted by atomic mass is 16.6. The molecule has 1 aromatic rings. The Morgan fingerprint density at radius 3 is 2.60 bits per heavy atom. The highest BCUT2D eigenvalue weighted by Gasteiger charge is 2.16. The molecule has 0 bridgehead atoms. The number of nitrogens with zero attached hydrogens (tertiary/aromatic N) is 2. The molecule has 0 atom stereocenters. The van der Waals surface area contributed by atoms with Crippen LogP contribution in [0.15, 0.2) is 18.2 Å². The Morgan fingerprint density at radius 1 is 1.45 bits per heavy atom. The molecule has 7 heteroatoms. The van der Waals surface area contributed by atoms with E-state index in [1.165, 1.54) is 18.2 Å². The van der Waals surface area contributed by atoms with Gasteiger partial charge in [-0.1, -0.05) is 0 Å². The molecule has 0 unspecified atom stereocenters. The summed E-state index contributed by atoms with van der Waals surface area (Å²) in [5, 5.41) is 25.1. The molecule has 0 spiro atoms. The van der Waals surface area contributed by atoms with E-state index in [0.29, 0.717) is 5.69 Å². The minimum atomic E-state index is -0.626. The van der Waals surface area contributed by atoms with Gasteiger partial charge in [-0.25, -0.2) is 0 Å². The van der Waals surface area contributed by atoms with Gasteiger partial charge in [0.15, 0.2) is 0 Å². The Labute approximate surface area is 116 Å². The second-order valence-corrected chi connectivity index (χ2v) is 5.25. The van der Waals surface area contributed by atoms with Crippen LogP contribution in [0.5, 0.6) is 0 Å². The summed E-state index contributed by atoms with van der Waals surface area (Å²) in [5.74, 6) is -0.218. The topological polar surface area (TPSA) is 108 Å². The molecule has 0 heterocycles. The summed E-state index contributed by atoms with van der Waals surface area (Å²) in [7, 11) is 0. The van der Waals surface area contributed by atoms with Crippen molar-refractivity contribution in [1.82, 2.24) is 5.32 Å². The van der Waals surface area contributed by atoms with Gasteiger partial charge in [0.1, 0.15) is 11.6 Å². The van der Waals surface area contributed by atoms with Gasteiger partial charge in [0.25, 0.3) is 5.69 Å². The van der Waals surface area contributed by atoms with Crippen molar-refractivity contribution in [3.63, 3.8) is 0 Å². The zero-order valence-electron chi connectivity index (χ0n) is 11.6. The average molecular weight is 276 g/mol. The number of amides is 1. The Hall–Kier alpha value is -2.62. The van der Waals surface area contributed by atoms with E-state index in [1.54, 1.807) is 6.07 Å². The number of rotatable bonds is 4. The molecular formula is C13H16N4O3. The SMILES string of the molecule is CC(C)(C)NC(=O)CNc1ccc(C#N)c([N+](=O)[O-])c1. The maximum absolute atomic E-state index is 11.6. The molecule has 1 aromatic carbocycles. The molecule has 20 heavy (non-hydrogen) atoms. The van der Waals surface area contributed by atoms with E-state index in [0.717, 1.165) is 0 Å². The van der Waals surface area contributed by atoms with Gasteiger partial charge in [0.2, 0.25) is 5.91 Å². The van der Waals surface area contributed by atoms with Crippen LogP contribution in [0, 0.1) is 21.4 Å². The quantitative estimate of drug-likeness (QED) is 0.643. The first-order valence-corrected chi connectivity index (χ1v) is 5.96. The predicted molar refractivity (Wildman–Crippen MR) is 74.2 cm³/mol. The monoisotopic (exact) mass is 276 g/mol. The average Bonchev–Trinajstić information content (AvgIpc) is 2.33. The summed E-state index contributed by atoms with van der Waals surface area (Å²) in [6.45, 7) is 5.58. The Balaban J connectivity index is 2.75. The molecule has 1 amide bonds. The van der Waals surface area contributed by atoms with Gasteiger partial charge in [-0.2, -0.15) is 5.26 Å². The van der Waals surface area contributed by atoms with E-state index in [-0.39, 0.29) is 29.2 Å². The summed E-state index contributed by atoms with van der Waals surface area (Å²) in [4.78, 5) is 21.8. The van der Waals surface area contributed by atoms with Gasteiger partial charge in [-0.05, 0) is 32.9 Å². The Kier molecular flexibility index (Phi) is 4.64. The first kappa shape index (κ1) is 15.4. The van der Waals surface area contributed by atoms with Crippen molar-refractivity contribution in [3.05, 3.63) is 33.9 Å². The molecule has 1 rings (SSSR count). The number of nitriles is 1. The third kappa shape index (κ3) is 4.57. The smallest absolute Gasteiger partial charge is 0.289 e. The fraction of sp³-hybridized carbons (Fsp3) is 0.385. The number of hydrogen-bond acceptors (Lipinski definition) is 5. The highest BCUT2D eigenvalue weighted by molar-refractivity contribution is 5.81. The lowest BCUT2D eigenvalue weighted by Gasteiger charge is -2.20. The molecule has 2 N–H and O–H groups in total. The van der Waals surface area contributed by atoms with Gasteiger partial charge < -0.3 is 10.6 Å². The first-order valence-electron chi connectivity index (χ1n) is 5.96. The van der Waals surface area contributed by atoms with Crippen molar-refractivity contribution in [1.29, 1.82) is 5.26 Å². The van der Waals surface area contributed by atoms with Crippen LogP contribution in [0.25, 0.3) is 0 Å². The highest BCUT2D eigenvalue weighted by Crippen LogP contribution is 2.22. The van der Waals surface area contributed by atoms with Crippen molar-refractivity contribution in [3.8, 4) is 6.07 Å². The Bertz CT molecular complexity index is 570. The van der Waals surface area contributed by atoms with Crippen LogP contribution in [0.1, 0.15) is 26.3 Å². The van der Waals surface area contributed by atoms with E-state index in [4.69, 9.17) is 5.26 Å². The molecule has 0 aliphatic heterocycles. The molecule has 0 fully saturated rings. The first-order chi connectivity index (χ1) is 9.23. The number of carbonyl (C=O) groups is 1. The minimum absolute atomic E-state index is 0.000322. The summed E-state index contributed by atoms with van der Waals surface area (Å²) in [6.07, 6.45) is 0. The number of nitro benzene ring substituents is 1. The van der Waals surface area contributed by atoms with Crippen molar-refractivity contribution >= 4 is 17.3 Å². The fourth-order valence-corrected chi connectivity index (χ4v) is 1.53. The molecular weight excluding hydrogens is 260 g/mol. The van der Waals surface area contributed by atoms with Crippen molar-refractivity contribution in [2.45, 2.75) is 26.3 Å². The largest absolute Gasteiger partial charge is 0.376 e. The molecule has 0 radical (unpaired) electrons. The number of nitrogens with one attached hydrogen (secondary N) is 2. The van der Waals surface area contributed by atoms with E-state index >= 15 is 0 Å². The van der Waals surface area contributed by atoms with Crippen LogP contribution in [0.4, 0.5) is 11.4 Å². The second-order valence-electron chi connectivity index (χ2n) is 5.25. The third-order valence-electron chi connectivity index (χ3n) is 2.28. The molecule has 0 aliphatic carbocycles. The van der Waals surface area contributed by atoms with E-state index < -0.39 is 4.92 Å². The van der Waals surface area contributed by atoms with Crippen LogP contribution in [0.3, 0.4) is 0 Å². The molecule has 0 aliphatic rings. The number of benzene rings is 1. The molecule has 0 aromatic heterocycles. The van der Waals surface area contributed by atoms with Gasteiger partial charge in [-0.15, -0.1) is 0 Å². The number of carbonyl (C=O) groups excluding carboxylic acids is 1. The minimum Gasteiger partial charge on any atom is -0.376 e. The lowest BCUT2D eigenvalue weighted by molar-refractivity contribution is -0.385. The van der Waals surface area contributed by atoms with Crippen LogP contribution >= 0.6 is 0 Å². The van der Waals surface area contributed by atoms with Crippen LogP contribution < -0.4 is 10.6 Å². The molecule has 0 saturated heterocycles. The summed E-state index contributed by atoms with van der Waals surface area (Å²) < 4.78 is 0. The Morgan fingerprint density at radius 2 is 2.10 bits per heavy atom. The molecule has 0 saturated carbocycles. The van der Waals surface area contributed by atoms with Crippen LogP contribution in [-0.2, 0) is 4.79 Å². The maximum Gasteiger partial charge on any atom is 0.289 e. The lowest BCUT2D eigenvalue weighted by atomic mass is 10.1. The zero-order chi connectivity index (χ0) is 15.3. The summed E-state index contributed by atoms with van der Waals surface area (Å²) >= 11 is 0. The molecule has 106 valence electrons. The fourth-order valence-electron chi connectivity index (χ4n) is 1.53. The maximum atomic E-state index is 11.6. The van der Waals surface area contributed by atoms with Gasteiger partial charge >= 0.3 is 0 Å². The van der Waals surface area contributed by atoms with Crippen LogP contribution in [-0.4, -0.2) is 22.9 Å². The second kappa shape index (κ2) is 6.02. The normalized spacial score (nSPS) is 10.5. The van der Waals surface area contributed by atoms with Crippen LogP contribution in [0.2, 0.25) is 0 Å². The van der Waals surface area contributed by atoms with Gasteiger partial charge in [0.05, 0.1) is 11.5 Å². The van der Waals surface area contributed by atoms with E-state index in [2.05, 4.69) is 10.6 Å². The zero-order valence-corrected chi connectivity index (χ0v) is 11.6.